The summed E-state index contributed by atoms with van der Waals surface area (Å²) in [5, 5.41) is 9.05. The van der Waals surface area contributed by atoms with Gasteiger partial charge in [0, 0.05) is 11.2 Å². The van der Waals surface area contributed by atoms with Crippen LogP contribution in [0.5, 0.6) is 0 Å². The van der Waals surface area contributed by atoms with Crippen molar-refractivity contribution < 1.29 is 0 Å². The predicted molar refractivity (Wildman–Crippen MR) is 85.1 cm³/mol. The van der Waals surface area contributed by atoms with E-state index in [4.69, 9.17) is 5.84 Å². The molecule has 1 aromatic carbocycles. The minimum absolute atomic E-state index is 0.0968. The Kier molecular flexibility index (Phi) is 4.49. The molecule has 0 fully saturated rings. The van der Waals surface area contributed by atoms with Crippen molar-refractivity contribution in [2.45, 2.75) is 31.3 Å². The highest BCUT2D eigenvalue weighted by atomic mass is 32.2. The van der Waals surface area contributed by atoms with E-state index in [1.807, 2.05) is 18.2 Å². The lowest BCUT2D eigenvalue weighted by molar-refractivity contribution is 0.523. The van der Waals surface area contributed by atoms with E-state index in [2.05, 4.69) is 55.3 Å². The van der Waals surface area contributed by atoms with Crippen molar-refractivity contribution >= 4 is 17.8 Å². The molecule has 2 aromatic rings. The Morgan fingerprint density at radius 2 is 1.90 bits per heavy atom. The van der Waals surface area contributed by atoms with Crippen LogP contribution in [0.1, 0.15) is 32.2 Å². The number of thioether (sulfide) groups is 1. The molecule has 0 bridgehead atoms. The zero-order valence-electron chi connectivity index (χ0n) is 12.1. The summed E-state index contributed by atoms with van der Waals surface area (Å²) in [5.74, 6) is 7.64. The van der Waals surface area contributed by atoms with Gasteiger partial charge in [0.05, 0.1) is 0 Å². The monoisotopic (exact) mass is 288 g/mol. The first kappa shape index (κ1) is 14.7. The fourth-order valence-corrected chi connectivity index (χ4v) is 2.42. The summed E-state index contributed by atoms with van der Waals surface area (Å²) in [6.07, 6.45) is 4.19. The second-order valence-electron chi connectivity index (χ2n) is 5.55. The van der Waals surface area contributed by atoms with Gasteiger partial charge in [0.2, 0.25) is 5.16 Å². The summed E-state index contributed by atoms with van der Waals surface area (Å²) < 4.78 is 1.58. The smallest absolute Gasteiger partial charge is 0.210 e. The Balaban J connectivity index is 1.95. The number of aromatic nitrogens is 3. The van der Waals surface area contributed by atoms with Crippen molar-refractivity contribution in [2.24, 2.45) is 0 Å². The van der Waals surface area contributed by atoms with Crippen LogP contribution < -0.4 is 5.84 Å². The van der Waals surface area contributed by atoms with Gasteiger partial charge in [0.15, 0.2) is 5.82 Å². The number of benzene rings is 1. The Labute approximate surface area is 124 Å². The molecule has 1 heterocycles. The summed E-state index contributed by atoms with van der Waals surface area (Å²) in [6, 6.07) is 10.2. The van der Waals surface area contributed by atoms with Crippen molar-refractivity contribution in [2.75, 3.05) is 11.6 Å². The van der Waals surface area contributed by atoms with Crippen LogP contribution in [0.3, 0.4) is 0 Å². The van der Waals surface area contributed by atoms with E-state index in [0.717, 1.165) is 16.7 Å². The van der Waals surface area contributed by atoms with Crippen LogP contribution in [-0.2, 0) is 5.41 Å². The molecule has 2 N–H and O–H groups in total. The zero-order valence-corrected chi connectivity index (χ0v) is 12.9. The van der Waals surface area contributed by atoms with Crippen LogP contribution in [-0.4, -0.2) is 20.6 Å². The summed E-state index contributed by atoms with van der Waals surface area (Å²) in [6.45, 7) is 6.22. The molecule has 0 radical (unpaired) electrons. The highest BCUT2D eigenvalue weighted by molar-refractivity contribution is 7.99. The third kappa shape index (κ3) is 3.63. The first-order chi connectivity index (χ1) is 9.48. The van der Waals surface area contributed by atoms with E-state index in [0.29, 0.717) is 0 Å². The molecule has 0 unspecified atom stereocenters. The van der Waals surface area contributed by atoms with Crippen molar-refractivity contribution in [3.05, 3.63) is 47.8 Å². The lowest BCUT2D eigenvalue weighted by Crippen LogP contribution is -2.24. The Morgan fingerprint density at radius 3 is 2.50 bits per heavy atom. The second kappa shape index (κ2) is 6.13. The van der Waals surface area contributed by atoms with Crippen LogP contribution in [0.4, 0.5) is 0 Å². The van der Waals surface area contributed by atoms with Gasteiger partial charge >= 0.3 is 0 Å². The summed E-state index contributed by atoms with van der Waals surface area (Å²) in [7, 11) is 0. The molecule has 1 aromatic heterocycles. The van der Waals surface area contributed by atoms with Crippen LogP contribution in [0.25, 0.3) is 6.08 Å². The third-order valence-corrected chi connectivity index (χ3v) is 3.65. The second-order valence-corrected chi connectivity index (χ2v) is 6.54. The molecule has 0 atom stereocenters. The zero-order chi connectivity index (χ0) is 14.6. The van der Waals surface area contributed by atoms with Crippen LogP contribution >= 0.6 is 11.8 Å². The van der Waals surface area contributed by atoms with Gasteiger partial charge in [-0.05, 0) is 5.56 Å². The lowest BCUT2D eigenvalue weighted by Gasteiger charge is -2.16. The number of hydrogen-bond donors (Lipinski definition) is 1. The first-order valence-electron chi connectivity index (χ1n) is 6.54. The summed E-state index contributed by atoms with van der Waals surface area (Å²) >= 11 is 1.58. The van der Waals surface area contributed by atoms with Gasteiger partial charge in [-0.25, -0.2) is 4.68 Å². The van der Waals surface area contributed by atoms with Crippen molar-refractivity contribution in [1.82, 2.24) is 14.9 Å². The van der Waals surface area contributed by atoms with Gasteiger partial charge in [-0.15, -0.1) is 10.2 Å². The summed E-state index contributed by atoms with van der Waals surface area (Å²) in [4.78, 5) is 0. The maximum absolute atomic E-state index is 6.03. The molecular weight excluding hydrogens is 268 g/mol. The standard InChI is InChI=1S/C15H20N4S/c1-15(2,3)13-17-18-14(19(13)16)20-11-7-10-12-8-5-4-6-9-12/h4-10H,11,16H2,1-3H3/b10-7+. The van der Waals surface area contributed by atoms with Gasteiger partial charge in [-0.2, -0.15) is 0 Å². The molecule has 0 aliphatic carbocycles. The lowest BCUT2D eigenvalue weighted by atomic mass is 9.96. The average Bonchev–Trinajstić information content (AvgIpc) is 2.77. The van der Waals surface area contributed by atoms with Crippen LogP contribution in [0.15, 0.2) is 41.6 Å². The quantitative estimate of drug-likeness (QED) is 0.694. The highest BCUT2D eigenvalue weighted by Gasteiger charge is 2.22. The minimum atomic E-state index is -0.0968. The molecule has 0 saturated heterocycles. The first-order valence-corrected chi connectivity index (χ1v) is 7.52. The molecule has 20 heavy (non-hydrogen) atoms. The predicted octanol–water partition coefficient (Wildman–Crippen LogP) is 3.09. The SMILES string of the molecule is CC(C)(C)c1nnc(SC/C=C/c2ccccc2)n1N. The van der Waals surface area contributed by atoms with Crippen molar-refractivity contribution in [3.63, 3.8) is 0 Å². The molecule has 2 rings (SSSR count). The van der Waals surface area contributed by atoms with E-state index >= 15 is 0 Å². The number of nitrogen functional groups attached to an aromatic ring is 1. The molecule has 4 nitrogen and oxygen atoms in total. The largest absolute Gasteiger partial charge is 0.336 e. The van der Waals surface area contributed by atoms with E-state index in [1.165, 1.54) is 5.56 Å². The molecule has 106 valence electrons. The summed E-state index contributed by atoms with van der Waals surface area (Å²) in [5.41, 5.74) is 1.10. The maximum atomic E-state index is 6.03. The molecule has 0 aliphatic rings. The van der Waals surface area contributed by atoms with Crippen molar-refractivity contribution in [3.8, 4) is 0 Å². The number of nitrogens with zero attached hydrogens (tertiary/aromatic N) is 3. The average molecular weight is 288 g/mol. The van der Waals surface area contributed by atoms with Gasteiger partial charge < -0.3 is 5.84 Å². The number of nitrogens with two attached hydrogens (primary N) is 1. The molecule has 0 spiro atoms. The Bertz CT molecular complexity index is 582. The van der Waals surface area contributed by atoms with Gasteiger partial charge in [0.25, 0.3) is 0 Å². The van der Waals surface area contributed by atoms with E-state index in [-0.39, 0.29) is 5.41 Å². The Hall–Kier alpha value is -1.75. The minimum Gasteiger partial charge on any atom is -0.336 e. The fourth-order valence-electron chi connectivity index (χ4n) is 1.76. The van der Waals surface area contributed by atoms with Crippen LogP contribution in [0, 0.1) is 0 Å². The maximum Gasteiger partial charge on any atom is 0.210 e. The van der Waals surface area contributed by atoms with Crippen LogP contribution in [0.2, 0.25) is 0 Å². The molecular formula is C15H20N4S. The molecule has 0 saturated carbocycles. The van der Waals surface area contributed by atoms with E-state index < -0.39 is 0 Å². The van der Waals surface area contributed by atoms with Gasteiger partial charge in [-0.3, -0.25) is 0 Å². The van der Waals surface area contributed by atoms with E-state index in [1.54, 1.807) is 16.4 Å². The molecule has 5 heteroatoms. The number of rotatable bonds is 4. The highest BCUT2D eigenvalue weighted by Crippen LogP contribution is 2.23. The Morgan fingerprint density at radius 1 is 1.20 bits per heavy atom. The number of hydrogen-bond acceptors (Lipinski definition) is 4. The topological polar surface area (TPSA) is 56.7 Å². The van der Waals surface area contributed by atoms with Gasteiger partial charge in [-0.1, -0.05) is 75.0 Å². The van der Waals surface area contributed by atoms with E-state index in [9.17, 15) is 0 Å². The molecule has 0 aliphatic heterocycles. The van der Waals surface area contributed by atoms with Gasteiger partial charge in [0.1, 0.15) is 0 Å². The molecule has 0 amide bonds. The van der Waals surface area contributed by atoms with Crippen molar-refractivity contribution in [1.29, 1.82) is 0 Å². The normalized spacial score (nSPS) is 12.2. The fraction of sp³-hybridized carbons (Fsp3) is 0.333. The third-order valence-electron chi connectivity index (χ3n) is 2.75.